The molecule has 16 heteroatoms. The van der Waals surface area contributed by atoms with Crippen molar-refractivity contribution in [2.24, 2.45) is 4.99 Å². The molecule has 4 heterocycles. The minimum Gasteiger partial charge on any atom is -0.369 e. The van der Waals surface area contributed by atoms with Crippen molar-refractivity contribution in [3.63, 3.8) is 0 Å². The van der Waals surface area contributed by atoms with Crippen LogP contribution in [0, 0.1) is 0 Å². The van der Waals surface area contributed by atoms with Crippen LogP contribution in [0.2, 0.25) is 0 Å². The second kappa shape index (κ2) is 9.84. The zero-order valence-corrected chi connectivity index (χ0v) is 22.3. The first-order chi connectivity index (χ1) is 16.5. The Labute approximate surface area is 210 Å². The number of nitrogens with one attached hydrogen (secondary N) is 1. The summed E-state index contributed by atoms with van der Waals surface area (Å²) in [4.78, 5) is 28.0. The average molecular weight is 578 g/mol. The second-order valence-electron chi connectivity index (χ2n) is 8.80. The van der Waals surface area contributed by atoms with Gasteiger partial charge in [0.2, 0.25) is 16.0 Å². The first kappa shape index (κ1) is 26.1. The molecule has 14 nitrogen and oxygen atoms in total. The topological polar surface area (TPSA) is 151 Å². The lowest BCUT2D eigenvalue weighted by atomic mass is 10.1. The summed E-state index contributed by atoms with van der Waals surface area (Å²) in [5, 5.41) is 0. The van der Waals surface area contributed by atoms with Crippen molar-refractivity contribution < 1.29 is 27.4 Å². The molecule has 2 fully saturated rings. The molecule has 0 aromatic carbocycles. The highest BCUT2D eigenvalue weighted by Crippen LogP contribution is 2.43. The van der Waals surface area contributed by atoms with Gasteiger partial charge in [-0.3, -0.25) is 13.9 Å². The van der Waals surface area contributed by atoms with E-state index in [2.05, 4.69) is 35.6 Å². The van der Waals surface area contributed by atoms with Gasteiger partial charge in [-0.15, -0.1) is 0 Å². The number of imidazole rings is 1. The molecule has 0 amide bonds. The number of halogens is 1. The van der Waals surface area contributed by atoms with Crippen LogP contribution in [-0.4, -0.2) is 95.3 Å². The number of fused-ring (bicyclic) bond motifs is 2. The minimum atomic E-state index is -3.52. The summed E-state index contributed by atoms with van der Waals surface area (Å²) < 4.78 is 52.5. The molecule has 35 heavy (non-hydrogen) atoms. The van der Waals surface area contributed by atoms with E-state index in [0.29, 0.717) is 0 Å². The number of aliphatic imine (C=N–C) groups is 1. The van der Waals surface area contributed by atoms with Crippen LogP contribution < -0.4 is 10.3 Å². The molecule has 194 valence electrons. The Balaban J connectivity index is 1.75. The van der Waals surface area contributed by atoms with Crippen LogP contribution in [0.4, 0.5) is 5.95 Å². The highest BCUT2D eigenvalue weighted by Gasteiger charge is 2.56. The molecule has 2 aliphatic heterocycles. The highest BCUT2D eigenvalue weighted by molar-refractivity contribution is 9.10. The maximum atomic E-state index is 13.2. The van der Waals surface area contributed by atoms with Crippen molar-refractivity contribution in [1.82, 2.24) is 28.7 Å². The van der Waals surface area contributed by atoms with Crippen LogP contribution in [0.3, 0.4) is 0 Å². The summed E-state index contributed by atoms with van der Waals surface area (Å²) in [6.07, 6.45) is 0.366. The molecule has 0 saturated carbocycles. The third-order valence-corrected chi connectivity index (χ3v) is 8.07. The summed E-state index contributed by atoms with van der Waals surface area (Å²) in [5.74, 6) is -0.792. The number of hydrogen-bond donors (Lipinski definition) is 1. The Morgan fingerprint density at radius 1 is 1.34 bits per heavy atom. The van der Waals surface area contributed by atoms with E-state index in [-0.39, 0.29) is 35.0 Å². The Morgan fingerprint density at radius 2 is 2.06 bits per heavy atom. The minimum absolute atomic E-state index is 0.0237. The predicted octanol–water partition coefficient (Wildman–Crippen LogP) is 0.108. The molecule has 1 N–H and O–H groups in total. The summed E-state index contributed by atoms with van der Waals surface area (Å²) in [5.41, 5.74) is -0.0822. The van der Waals surface area contributed by atoms with Crippen LogP contribution >= 0.6 is 15.9 Å². The van der Waals surface area contributed by atoms with Crippen LogP contribution in [0.1, 0.15) is 20.1 Å². The fraction of sp³-hybridized carbons (Fsp3) is 0.684. The quantitative estimate of drug-likeness (QED) is 0.247. The van der Waals surface area contributed by atoms with Gasteiger partial charge in [0.05, 0.1) is 12.7 Å². The van der Waals surface area contributed by atoms with Gasteiger partial charge in [-0.2, -0.15) is 4.98 Å². The van der Waals surface area contributed by atoms with Crippen molar-refractivity contribution in [3.05, 3.63) is 16.7 Å². The molecule has 2 saturated heterocycles. The van der Waals surface area contributed by atoms with Gasteiger partial charge in [-0.25, -0.2) is 23.1 Å². The lowest BCUT2D eigenvalue weighted by molar-refractivity contribution is -0.195. The molecular weight excluding hydrogens is 550 g/mol. The molecular formula is C19H28BrN7O7S. The Bertz CT molecular complexity index is 1280. The summed E-state index contributed by atoms with van der Waals surface area (Å²) in [6, 6.07) is 0. The number of hydrogen-bond acceptors (Lipinski definition) is 10. The van der Waals surface area contributed by atoms with Gasteiger partial charge in [-0.05, 0) is 13.8 Å². The number of aromatic nitrogens is 4. The largest absolute Gasteiger partial charge is 0.369 e. The van der Waals surface area contributed by atoms with Gasteiger partial charge in [0.25, 0.3) is 5.56 Å². The van der Waals surface area contributed by atoms with E-state index in [1.807, 2.05) is 0 Å². The molecule has 2 aromatic rings. The van der Waals surface area contributed by atoms with E-state index in [0.717, 1.165) is 0 Å². The average Bonchev–Trinajstić information content (AvgIpc) is 3.44. The molecule has 0 radical (unpaired) electrons. The van der Waals surface area contributed by atoms with Crippen LogP contribution in [0.15, 0.2) is 16.1 Å². The molecule has 2 aromatic heterocycles. The zero-order chi connectivity index (χ0) is 25.5. The van der Waals surface area contributed by atoms with E-state index in [4.69, 9.17) is 18.9 Å². The molecule has 0 spiro atoms. The van der Waals surface area contributed by atoms with Crippen molar-refractivity contribution in [2.75, 3.05) is 32.4 Å². The molecule has 0 aliphatic carbocycles. The van der Waals surface area contributed by atoms with Gasteiger partial charge < -0.3 is 23.8 Å². The summed E-state index contributed by atoms with van der Waals surface area (Å²) in [6.45, 7) is 3.46. The van der Waals surface area contributed by atoms with E-state index in [1.165, 1.54) is 24.3 Å². The standard InChI is InChI=1S/C19H28BrN7O7S/c1-19(2)33-13-11(6-23-35(29,30)7-20)32-17(14(13)34-19)26-9-21-12-15(26)24-18(22-8-25(3)4)27(10-31-5)16(12)28/h8-9,11,13-14,17,23H,6-7,10H2,1-5H3/b22-8+/t11-,13-,14-,17-/m1/s1. The smallest absolute Gasteiger partial charge is 0.285 e. The Morgan fingerprint density at radius 3 is 2.71 bits per heavy atom. The van der Waals surface area contributed by atoms with Crippen molar-refractivity contribution in [1.29, 1.82) is 0 Å². The zero-order valence-electron chi connectivity index (χ0n) is 19.9. The first-order valence-corrected chi connectivity index (χ1v) is 13.4. The van der Waals surface area contributed by atoms with Crippen LogP contribution in [0.25, 0.3) is 11.2 Å². The number of nitrogens with zero attached hydrogens (tertiary/aromatic N) is 6. The van der Waals surface area contributed by atoms with Gasteiger partial charge >= 0.3 is 0 Å². The highest BCUT2D eigenvalue weighted by atomic mass is 79.9. The fourth-order valence-electron chi connectivity index (χ4n) is 3.98. The molecule has 4 atom stereocenters. The molecule has 0 bridgehead atoms. The predicted molar refractivity (Wildman–Crippen MR) is 129 cm³/mol. The number of alkyl halides is 1. The summed E-state index contributed by atoms with van der Waals surface area (Å²) >= 11 is 2.95. The molecule has 2 aliphatic rings. The second-order valence-corrected chi connectivity index (χ2v) is 11.9. The van der Waals surface area contributed by atoms with Crippen LogP contribution in [0.5, 0.6) is 0 Å². The number of ether oxygens (including phenoxy) is 4. The third kappa shape index (κ3) is 5.28. The fourth-order valence-corrected chi connectivity index (χ4v) is 4.96. The van der Waals surface area contributed by atoms with Crippen molar-refractivity contribution in [3.8, 4) is 0 Å². The van der Waals surface area contributed by atoms with E-state index in [9.17, 15) is 13.2 Å². The SMILES string of the molecule is COCn1c(/N=C/N(C)C)nc2c(ncn2[C@@H]2O[C@H](CNS(=O)(=O)CBr)[C@H]3OC(C)(C)O[C@H]32)c1=O. The lowest BCUT2D eigenvalue weighted by Crippen LogP contribution is -2.40. The molecule has 0 unspecified atom stereocenters. The molecule has 4 rings (SSSR count). The Hall–Kier alpha value is -1.95. The van der Waals surface area contributed by atoms with Crippen molar-refractivity contribution >= 4 is 49.4 Å². The van der Waals surface area contributed by atoms with Gasteiger partial charge in [0, 0.05) is 27.7 Å². The van der Waals surface area contributed by atoms with Gasteiger partial charge in [0.15, 0.2) is 23.2 Å². The van der Waals surface area contributed by atoms with E-state index < -0.39 is 45.9 Å². The van der Waals surface area contributed by atoms with E-state index in [1.54, 1.807) is 37.4 Å². The normalized spacial score (nSPS) is 26.1. The first-order valence-electron chi connectivity index (χ1n) is 10.7. The number of rotatable bonds is 9. The lowest BCUT2D eigenvalue weighted by Gasteiger charge is -2.25. The third-order valence-electron chi connectivity index (χ3n) is 5.37. The maximum absolute atomic E-state index is 13.2. The van der Waals surface area contributed by atoms with Gasteiger partial charge in [0.1, 0.15) is 29.7 Å². The Kier molecular flexibility index (Phi) is 7.34. The summed E-state index contributed by atoms with van der Waals surface area (Å²) in [7, 11) is 1.53. The number of methoxy groups -OCH3 is 1. The van der Waals surface area contributed by atoms with Crippen LogP contribution in [-0.2, 0) is 35.7 Å². The number of sulfonamides is 1. The van der Waals surface area contributed by atoms with Crippen molar-refractivity contribution in [2.45, 2.75) is 50.9 Å². The van der Waals surface area contributed by atoms with E-state index >= 15 is 0 Å². The monoisotopic (exact) mass is 577 g/mol. The van der Waals surface area contributed by atoms with Gasteiger partial charge in [-0.1, -0.05) is 15.9 Å². The maximum Gasteiger partial charge on any atom is 0.285 e.